The molecule has 1 aromatic rings. The topological polar surface area (TPSA) is 58.8 Å². The average molecular weight is 291 g/mol. The van der Waals surface area contributed by atoms with E-state index in [1.165, 1.54) is 0 Å². The minimum absolute atomic E-state index is 0.0942. The van der Waals surface area contributed by atoms with Crippen molar-refractivity contribution >= 4 is 11.6 Å². The summed E-state index contributed by atoms with van der Waals surface area (Å²) in [6, 6.07) is 5.93. The molecular formula is C16H25N3O2. The van der Waals surface area contributed by atoms with E-state index >= 15 is 0 Å². The Morgan fingerprint density at radius 3 is 2.67 bits per heavy atom. The Balaban J connectivity index is 2.27. The van der Waals surface area contributed by atoms with Crippen LogP contribution >= 0.6 is 0 Å². The first kappa shape index (κ1) is 15.6. The first-order chi connectivity index (χ1) is 10.0. The van der Waals surface area contributed by atoms with Crippen LogP contribution < -0.4 is 15.4 Å². The van der Waals surface area contributed by atoms with Crippen LogP contribution in [0.1, 0.15) is 31.9 Å². The van der Waals surface area contributed by atoms with E-state index in [1.807, 2.05) is 24.0 Å². The van der Waals surface area contributed by atoms with Gasteiger partial charge in [-0.1, -0.05) is 6.07 Å². The van der Waals surface area contributed by atoms with E-state index < -0.39 is 0 Å². The quantitative estimate of drug-likeness (QED) is 0.922. The third-order valence-corrected chi connectivity index (χ3v) is 4.00. The van der Waals surface area contributed by atoms with Gasteiger partial charge in [0.1, 0.15) is 5.75 Å². The lowest BCUT2D eigenvalue weighted by Gasteiger charge is -2.28. The summed E-state index contributed by atoms with van der Waals surface area (Å²) in [6.45, 7) is 6.94. The van der Waals surface area contributed by atoms with E-state index in [-0.39, 0.29) is 11.9 Å². The predicted octanol–water partition coefficient (Wildman–Crippen LogP) is 1.77. The Kier molecular flexibility index (Phi) is 5.07. The van der Waals surface area contributed by atoms with Crippen LogP contribution in [0.15, 0.2) is 18.2 Å². The first-order valence-corrected chi connectivity index (χ1v) is 7.47. The number of nitrogens with two attached hydrogens (primary N) is 1. The number of rotatable bonds is 3. The second-order valence-corrected chi connectivity index (χ2v) is 5.53. The molecule has 1 heterocycles. The standard InChI is InChI=1S/C16H25N3O2/c1-12(17)16-14(6-4-7-15(16)21-3)19-9-5-8-18(10-11-19)13(2)20/h4,6-7,12H,5,8-11,17H2,1-3H3. The van der Waals surface area contributed by atoms with Crippen LogP contribution in [0.3, 0.4) is 0 Å². The van der Waals surface area contributed by atoms with Gasteiger partial charge in [0.2, 0.25) is 5.91 Å². The second kappa shape index (κ2) is 6.80. The molecule has 0 aromatic heterocycles. The molecule has 2 rings (SSSR count). The molecule has 0 aliphatic carbocycles. The van der Waals surface area contributed by atoms with E-state index in [0.29, 0.717) is 0 Å². The van der Waals surface area contributed by atoms with Crippen LogP contribution in [0, 0.1) is 0 Å². The van der Waals surface area contributed by atoms with Crippen LogP contribution in [-0.4, -0.2) is 44.1 Å². The van der Waals surface area contributed by atoms with Gasteiger partial charge in [0.25, 0.3) is 0 Å². The van der Waals surface area contributed by atoms with Gasteiger partial charge >= 0.3 is 0 Å². The van der Waals surface area contributed by atoms with Crippen molar-refractivity contribution in [2.75, 3.05) is 38.2 Å². The fourth-order valence-electron chi connectivity index (χ4n) is 2.92. The van der Waals surface area contributed by atoms with Crippen molar-refractivity contribution in [2.45, 2.75) is 26.3 Å². The molecule has 1 aromatic carbocycles. The Morgan fingerprint density at radius 1 is 1.29 bits per heavy atom. The minimum atomic E-state index is -0.0942. The zero-order valence-corrected chi connectivity index (χ0v) is 13.1. The number of methoxy groups -OCH3 is 1. The number of carbonyl (C=O) groups is 1. The van der Waals surface area contributed by atoms with Gasteiger partial charge < -0.3 is 20.3 Å². The molecule has 2 N–H and O–H groups in total. The number of hydrogen-bond donors (Lipinski definition) is 1. The summed E-state index contributed by atoms with van der Waals surface area (Å²) in [4.78, 5) is 15.8. The highest BCUT2D eigenvalue weighted by atomic mass is 16.5. The Hall–Kier alpha value is -1.75. The summed E-state index contributed by atoms with van der Waals surface area (Å²) < 4.78 is 5.46. The molecule has 21 heavy (non-hydrogen) atoms. The van der Waals surface area contributed by atoms with Crippen molar-refractivity contribution in [3.05, 3.63) is 23.8 Å². The number of carbonyl (C=O) groups excluding carboxylic acids is 1. The van der Waals surface area contributed by atoms with Gasteiger partial charge in [0.15, 0.2) is 0 Å². The number of nitrogens with zero attached hydrogens (tertiary/aromatic N) is 2. The van der Waals surface area contributed by atoms with Crippen molar-refractivity contribution in [3.8, 4) is 5.75 Å². The lowest BCUT2D eigenvalue weighted by atomic mass is 10.0. The smallest absolute Gasteiger partial charge is 0.219 e. The summed E-state index contributed by atoms with van der Waals surface area (Å²) >= 11 is 0. The Labute approximate surface area is 126 Å². The van der Waals surface area contributed by atoms with Crippen LogP contribution in [0.4, 0.5) is 5.69 Å². The second-order valence-electron chi connectivity index (χ2n) is 5.53. The van der Waals surface area contributed by atoms with E-state index in [9.17, 15) is 4.79 Å². The normalized spacial score (nSPS) is 17.3. The molecule has 0 spiro atoms. The van der Waals surface area contributed by atoms with Crippen molar-refractivity contribution in [3.63, 3.8) is 0 Å². The van der Waals surface area contributed by atoms with Crippen LogP contribution in [-0.2, 0) is 4.79 Å². The van der Waals surface area contributed by atoms with Gasteiger partial charge in [-0.3, -0.25) is 4.79 Å². The van der Waals surface area contributed by atoms with Crippen molar-refractivity contribution in [1.29, 1.82) is 0 Å². The maximum atomic E-state index is 11.5. The van der Waals surface area contributed by atoms with E-state index in [4.69, 9.17) is 10.5 Å². The molecule has 1 atom stereocenters. The molecule has 1 aliphatic heterocycles. The minimum Gasteiger partial charge on any atom is -0.496 e. The summed E-state index contributed by atoms with van der Waals surface area (Å²) in [6.07, 6.45) is 0.967. The van der Waals surface area contributed by atoms with Gasteiger partial charge in [-0.15, -0.1) is 0 Å². The molecule has 1 unspecified atom stereocenters. The van der Waals surface area contributed by atoms with Crippen LogP contribution in [0.2, 0.25) is 0 Å². The summed E-state index contributed by atoms with van der Waals surface area (Å²) in [5.41, 5.74) is 8.30. The number of hydrogen-bond acceptors (Lipinski definition) is 4. The fourth-order valence-corrected chi connectivity index (χ4v) is 2.92. The molecule has 1 fully saturated rings. The lowest BCUT2D eigenvalue weighted by molar-refractivity contribution is -0.128. The molecule has 1 aliphatic rings. The van der Waals surface area contributed by atoms with E-state index in [0.717, 1.165) is 49.6 Å². The Bertz CT molecular complexity index is 502. The number of amides is 1. The van der Waals surface area contributed by atoms with E-state index in [1.54, 1.807) is 14.0 Å². The number of anilines is 1. The molecule has 0 radical (unpaired) electrons. The van der Waals surface area contributed by atoms with Crippen molar-refractivity contribution in [1.82, 2.24) is 4.90 Å². The maximum absolute atomic E-state index is 11.5. The van der Waals surface area contributed by atoms with Crippen molar-refractivity contribution < 1.29 is 9.53 Å². The third-order valence-electron chi connectivity index (χ3n) is 4.00. The first-order valence-electron chi connectivity index (χ1n) is 7.47. The zero-order chi connectivity index (χ0) is 15.4. The van der Waals surface area contributed by atoms with Gasteiger partial charge in [-0.05, 0) is 25.5 Å². The zero-order valence-electron chi connectivity index (χ0n) is 13.1. The molecule has 1 amide bonds. The largest absolute Gasteiger partial charge is 0.496 e. The van der Waals surface area contributed by atoms with E-state index in [2.05, 4.69) is 11.0 Å². The lowest BCUT2D eigenvalue weighted by Crippen LogP contribution is -2.34. The maximum Gasteiger partial charge on any atom is 0.219 e. The highest BCUT2D eigenvalue weighted by molar-refractivity contribution is 5.73. The van der Waals surface area contributed by atoms with Crippen molar-refractivity contribution in [2.24, 2.45) is 5.73 Å². The number of benzene rings is 1. The summed E-state index contributed by atoms with van der Waals surface area (Å²) in [5, 5.41) is 0. The SMILES string of the molecule is COc1cccc(N2CCCN(C(C)=O)CC2)c1C(C)N. The van der Waals surface area contributed by atoms with Gasteiger partial charge in [0, 0.05) is 50.4 Å². The summed E-state index contributed by atoms with van der Waals surface area (Å²) in [7, 11) is 1.67. The van der Waals surface area contributed by atoms with Gasteiger partial charge in [-0.2, -0.15) is 0 Å². The molecular weight excluding hydrogens is 266 g/mol. The molecule has 1 saturated heterocycles. The monoisotopic (exact) mass is 291 g/mol. The van der Waals surface area contributed by atoms with Gasteiger partial charge in [-0.25, -0.2) is 0 Å². The van der Waals surface area contributed by atoms with Crippen LogP contribution in [0.25, 0.3) is 0 Å². The summed E-state index contributed by atoms with van der Waals surface area (Å²) in [5.74, 6) is 0.977. The predicted molar refractivity (Wildman–Crippen MR) is 84.7 cm³/mol. The molecule has 0 bridgehead atoms. The molecule has 0 saturated carbocycles. The highest BCUT2D eigenvalue weighted by Gasteiger charge is 2.21. The van der Waals surface area contributed by atoms with Crippen LogP contribution in [0.5, 0.6) is 5.75 Å². The fraction of sp³-hybridized carbons (Fsp3) is 0.562. The average Bonchev–Trinajstić information content (AvgIpc) is 2.72. The Morgan fingerprint density at radius 2 is 2.05 bits per heavy atom. The molecule has 5 nitrogen and oxygen atoms in total. The molecule has 116 valence electrons. The number of ether oxygens (including phenoxy) is 1. The van der Waals surface area contributed by atoms with Gasteiger partial charge in [0.05, 0.1) is 7.11 Å². The molecule has 5 heteroatoms. The third kappa shape index (κ3) is 3.47. The highest BCUT2D eigenvalue weighted by Crippen LogP contribution is 2.34.